The van der Waals surface area contributed by atoms with Gasteiger partial charge in [0.15, 0.2) is 17.4 Å². The third kappa shape index (κ3) is 5.17. The van der Waals surface area contributed by atoms with E-state index in [1.807, 2.05) is 13.8 Å². The van der Waals surface area contributed by atoms with Gasteiger partial charge in [0.2, 0.25) is 0 Å². The summed E-state index contributed by atoms with van der Waals surface area (Å²) < 4.78 is 16.4. The molecule has 0 saturated heterocycles. The number of phosphoric acid groups is 1. The van der Waals surface area contributed by atoms with E-state index in [0.29, 0.717) is 11.0 Å². The number of hydrogen-bond donors (Lipinski definition) is 8. The van der Waals surface area contributed by atoms with Gasteiger partial charge in [-0.2, -0.15) is 5.32 Å². The lowest BCUT2D eigenvalue weighted by Gasteiger charge is -2.25. The number of fused-ring (bicyclic) bond motifs is 2. The molecule has 1 aliphatic heterocycles. The van der Waals surface area contributed by atoms with Crippen LogP contribution >= 0.6 is 7.82 Å². The maximum Gasteiger partial charge on any atom is 0.469 e. The zero-order valence-corrected chi connectivity index (χ0v) is 17.5. The first kappa shape index (κ1) is 23.4. The molecule has 2 heterocycles. The molecule has 0 bridgehead atoms. The van der Waals surface area contributed by atoms with Crippen LogP contribution in [0.25, 0.3) is 11.0 Å². The number of amides is 2. The van der Waals surface area contributed by atoms with Gasteiger partial charge in [0.05, 0.1) is 6.61 Å². The average Bonchev–Trinajstić information content (AvgIpc) is 2.67. The van der Waals surface area contributed by atoms with Crippen molar-refractivity contribution in [1.29, 1.82) is 0 Å². The van der Waals surface area contributed by atoms with Gasteiger partial charge in [-0.25, -0.2) is 18.9 Å². The summed E-state index contributed by atoms with van der Waals surface area (Å²) in [6, 6.07) is 2.81. The van der Waals surface area contributed by atoms with Crippen molar-refractivity contribution in [2.45, 2.75) is 44.9 Å². The first-order chi connectivity index (χ1) is 14.4. The molecule has 13 nitrogen and oxygen atoms in total. The molecule has 1 aromatic heterocycles. The Morgan fingerprint density at radius 3 is 2.48 bits per heavy atom. The summed E-state index contributed by atoms with van der Waals surface area (Å²) in [5.74, 6) is 0.0826. The number of carbonyl (C=O) groups excluding carboxylic acids is 1. The molecule has 0 saturated carbocycles. The van der Waals surface area contributed by atoms with E-state index in [9.17, 15) is 29.8 Å². The Labute approximate surface area is 176 Å². The van der Waals surface area contributed by atoms with Crippen molar-refractivity contribution in [3.05, 3.63) is 29.0 Å². The number of benzene rings is 1. The minimum atomic E-state index is -4.88. The molecule has 0 aliphatic carbocycles. The molecule has 170 valence electrons. The number of aromatic nitrogens is 2. The van der Waals surface area contributed by atoms with E-state index in [-0.39, 0.29) is 18.1 Å². The highest BCUT2D eigenvalue weighted by Gasteiger charge is 2.37. The summed E-state index contributed by atoms with van der Waals surface area (Å²) in [6.07, 6.45) is -6.70. The van der Waals surface area contributed by atoms with E-state index < -0.39 is 45.0 Å². The van der Waals surface area contributed by atoms with Gasteiger partial charge in [-0.3, -0.25) is 9.84 Å². The Hall–Kier alpha value is -2.22. The molecule has 0 spiro atoms. The maximum absolute atomic E-state index is 11.9. The zero-order valence-electron chi connectivity index (χ0n) is 16.6. The van der Waals surface area contributed by atoms with Gasteiger partial charge in [-0.05, 0) is 37.1 Å². The maximum atomic E-state index is 11.9. The normalized spacial score (nSPS) is 19.4. The summed E-state index contributed by atoms with van der Waals surface area (Å²) in [4.78, 5) is 33.7. The molecule has 8 N–H and O–H groups in total. The standard InChI is InChI=1S/C17H23N4O9P/c1-7-3-9-10(4-8(7)2)21(15-13(18-9)16(25)20-17(26)19-15)5-11(22)14(24)12(23)6-30-31(27,28)29/h3-4,11-12,14,16,22-25H,5-6H2,1-2H3,(H3,20,26,27,28,29)/p+1/t11-,12+,14-,16-/m0/s1. The van der Waals surface area contributed by atoms with Crippen molar-refractivity contribution in [2.75, 3.05) is 11.9 Å². The molecule has 0 radical (unpaired) electrons. The van der Waals surface area contributed by atoms with Crippen LogP contribution in [-0.2, 0) is 15.6 Å². The van der Waals surface area contributed by atoms with Crippen LogP contribution in [0.2, 0.25) is 0 Å². The second-order valence-electron chi connectivity index (χ2n) is 7.29. The van der Waals surface area contributed by atoms with Gasteiger partial charge in [0.25, 0.3) is 0 Å². The number of aliphatic hydroxyl groups is 4. The molecule has 4 atom stereocenters. The van der Waals surface area contributed by atoms with E-state index in [0.717, 1.165) is 11.1 Å². The molecule has 1 aromatic carbocycles. The second kappa shape index (κ2) is 8.73. The number of anilines is 1. The summed E-state index contributed by atoms with van der Waals surface area (Å²) in [5.41, 5.74) is 2.81. The lowest BCUT2D eigenvalue weighted by molar-refractivity contribution is -0.667. The van der Waals surface area contributed by atoms with Crippen LogP contribution in [0.4, 0.5) is 10.6 Å². The molecule has 0 unspecified atom stereocenters. The quantitative estimate of drug-likeness (QED) is 0.177. The first-order valence-electron chi connectivity index (χ1n) is 9.22. The third-order valence-corrected chi connectivity index (χ3v) is 5.45. The number of hydrogen-bond acceptors (Lipinski definition) is 8. The Morgan fingerprint density at radius 1 is 1.19 bits per heavy atom. The van der Waals surface area contributed by atoms with Crippen molar-refractivity contribution in [3.63, 3.8) is 0 Å². The zero-order chi connectivity index (χ0) is 23.1. The first-order valence-corrected chi connectivity index (χ1v) is 10.7. The minimum Gasteiger partial charge on any atom is -0.388 e. The minimum absolute atomic E-state index is 0.0826. The number of phosphoric ester groups is 1. The predicted octanol–water partition coefficient (Wildman–Crippen LogP) is -1.54. The van der Waals surface area contributed by atoms with Crippen LogP contribution in [0.3, 0.4) is 0 Å². The van der Waals surface area contributed by atoms with Crippen LogP contribution in [0.15, 0.2) is 12.1 Å². The molecular weight excluding hydrogens is 435 g/mol. The fourth-order valence-corrected chi connectivity index (χ4v) is 3.55. The van der Waals surface area contributed by atoms with Gasteiger partial charge in [0.1, 0.15) is 30.4 Å². The predicted molar refractivity (Wildman–Crippen MR) is 105 cm³/mol. The molecule has 1 aliphatic rings. The number of rotatable bonds is 7. The molecule has 2 aromatic rings. The van der Waals surface area contributed by atoms with Crippen molar-refractivity contribution < 1.29 is 48.7 Å². The van der Waals surface area contributed by atoms with Crippen molar-refractivity contribution in [1.82, 2.24) is 10.3 Å². The van der Waals surface area contributed by atoms with Crippen LogP contribution in [-0.4, -0.2) is 66.1 Å². The third-order valence-electron chi connectivity index (χ3n) is 4.97. The molecule has 14 heteroatoms. The number of aliphatic hydroxyl groups excluding tert-OH is 4. The lowest BCUT2D eigenvalue weighted by Crippen LogP contribution is -2.53. The van der Waals surface area contributed by atoms with Gasteiger partial charge < -0.3 is 30.2 Å². The summed E-state index contributed by atoms with van der Waals surface area (Å²) in [7, 11) is -4.88. The fraction of sp³-hybridized carbons (Fsp3) is 0.471. The van der Waals surface area contributed by atoms with Crippen LogP contribution < -0.4 is 15.2 Å². The van der Waals surface area contributed by atoms with E-state index in [1.54, 1.807) is 12.1 Å². The monoisotopic (exact) mass is 459 g/mol. The van der Waals surface area contributed by atoms with E-state index >= 15 is 0 Å². The number of nitrogens with zero attached hydrogens (tertiary/aromatic N) is 2. The van der Waals surface area contributed by atoms with Gasteiger partial charge in [0, 0.05) is 0 Å². The van der Waals surface area contributed by atoms with Gasteiger partial charge >= 0.3 is 19.7 Å². The van der Waals surface area contributed by atoms with Crippen molar-refractivity contribution in [3.8, 4) is 0 Å². The average molecular weight is 459 g/mol. The second-order valence-corrected chi connectivity index (χ2v) is 8.53. The Bertz CT molecular complexity index is 1060. The van der Waals surface area contributed by atoms with Crippen molar-refractivity contribution in [2.24, 2.45) is 0 Å². The highest BCUT2D eigenvalue weighted by molar-refractivity contribution is 7.46. The SMILES string of the molecule is Cc1cc2nc3c([n+](C[C@H](O)[C@H](O)[C@H](O)COP(=O)(O)O)c2cc1C)NC(=O)N[C@H]3O. The number of carbonyl (C=O) groups is 1. The number of urea groups is 1. The number of nitrogens with one attached hydrogen (secondary N) is 2. The Balaban J connectivity index is 2.00. The molecule has 2 amide bonds. The smallest absolute Gasteiger partial charge is 0.388 e. The van der Waals surface area contributed by atoms with E-state index in [4.69, 9.17) is 9.79 Å². The summed E-state index contributed by atoms with van der Waals surface area (Å²) in [6.45, 7) is 2.44. The Morgan fingerprint density at radius 2 is 1.84 bits per heavy atom. The highest BCUT2D eigenvalue weighted by atomic mass is 31.2. The topological polar surface area (TPSA) is 206 Å². The Kier molecular flexibility index (Phi) is 6.60. The van der Waals surface area contributed by atoms with Crippen LogP contribution in [0.5, 0.6) is 0 Å². The van der Waals surface area contributed by atoms with E-state index in [2.05, 4.69) is 20.1 Å². The van der Waals surface area contributed by atoms with E-state index in [1.165, 1.54) is 4.57 Å². The molecule has 31 heavy (non-hydrogen) atoms. The molecule has 0 fully saturated rings. The van der Waals surface area contributed by atoms with Crippen LogP contribution in [0, 0.1) is 13.8 Å². The largest absolute Gasteiger partial charge is 0.469 e. The fourth-order valence-electron chi connectivity index (χ4n) is 3.20. The summed E-state index contributed by atoms with van der Waals surface area (Å²) in [5, 5.41) is 45.6. The lowest BCUT2D eigenvalue weighted by atomic mass is 10.1. The van der Waals surface area contributed by atoms with Crippen LogP contribution in [0.1, 0.15) is 23.0 Å². The van der Waals surface area contributed by atoms with Gasteiger partial charge in [-0.15, -0.1) is 0 Å². The molecular formula is C17H24N4O9P+. The molecule has 3 rings (SSSR count). The van der Waals surface area contributed by atoms with Gasteiger partial charge in [-0.1, -0.05) is 0 Å². The summed E-state index contributed by atoms with van der Waals surface area (Å²) >= 11 is 0. The number of aryl methyl sites for hydroxylation is 2. The van der Waals surface area contributed by atoms with Crippen molar-refractivity contribution >= 4 is 30.7 Å². The highest BCUT2D eigenvalue weighted by Crippen LogP contribution is 2.36.